The van der Waals surface area contributed by atoms with Crippen LogP contribution < -0.4 is 10.1 Å². The average Bonchev–Trinajstić information content (AvgIpc) is 3.10. The van der Waals surface area contributed by atoms with E-state index in [-0.39, 0.29) is 18.1 Å². The fourth-order valence-corrected chi connectivity index (χ4v) is 2.59. The first-order chi connectivity index (χ1) is 12.9. The Kier molecular flexibility index (Phi) is 5.42. The fraction of sp³-hybridized carbons (Fsp3) is 0.105. The van der Waals surface area contributed by atoms with Crippen molar-refractivity contribution in [2.75, 3.05) is 5.32 Å². The van der Waals surface area contributed by atoms with Gasteiger partial charge in [0, 0.05) is 22.8 Å². The van der Waals surface area contributed by atoms with E-state index in [9.17, 15) is 14.9 Å². The molecule has 27 heavy (non-hydrogen) atoms. The first-order valence-electron chi connectivity index (χ1n) is 7.96. The molecule has 0 spiro atoms. The predicted octanol–water partition coefficient (Wildman–Crippen LogP) is 4.98. The van der Waals surface area contributed by atoms with Gasteiger partial charge in [-0.1, -0.05) is 11.6 Å². The van der Waals surface area contributed by atoms with Crippen molar-refractivity contribution in [2.45, 2.75) is 13.5 Å². The van der Waals surface area contributed by atoms with E-state index < -0.39 is 10.8 Å². The summed E-state index contributed by atoms with van der Waals surface area (Å²) in [6, 6.07) is 14.0. The summed E-state index contributed by atoms with van der Waals surface area (Å²) >= 11 is 5.91. The number of nitro benzene ring substituents is 1. The van der Waals surface area contributed by atoms with Crippen molar-refractivity contribution in [2.24, 2.45) is 0 Å². The van der Waals surface area contributed by atoms with Crippen LogP contribution in [0, 0.1) is 17.0 Å². The maximum atomic E-state index is 12.2. The number of carbonyl (C=O) groups excluding carboxylic acids is 1. The Morgan fingerprint density at radius 1 is 1.19 bits per heavy atom. The Bertz CT molecular complexity index is 982. The molecule has 8 heteroatoms. The zero-order chi connectivity index (χ0) is 19.4. The van der Waals surface area contributed by atoms with Crippen molar-refractivity contribution in [1.82, 2.24) is 0 Å². The Morgan fingerprint density at radius 2 is 1.93 bits per heavy atom. The number of rotatable bonds is 6. The number of anilines is 1. The number of ether oxygens (including phenoxy) is 1. The van der Waals surface area contributed by atoms with Crippen molar-refractivity contribution >= 4 is 28.9 Å². The van der Waals surface area contributed by atoms with Crippen LogP contribution in [0.5, 0.6) is 5.75 Å². The number of nitrogens with one attached hydrogen (secondary N) is 1. The molecule has 7 nitrogen and oxygen atoms in total. The number of amides is 1. The summed E-state index contributed by atoms with van der Waals surface area (Å²) in [7, 11) is 0. The van der Waals surface area contributed by atoms with Crippen LogP contribution in [0.25, 0.3) is 0 Å². The fourth-order valence-electron chi connectivity index (χ4n) is 2.36. The van der Waals surface area contributed by atoms with Gasteiger partial charge < -0.3 is 14.5 Å². The topological polar surface area (TPSA) is 94.6 Å². The number of furan rings is 1. The Hall–Kier alpha value is -3.32. The van der Waals surface area contributed by atoms with Crippen LogP contribution in [0.1, 0.15) is 21.9 Å². The first kappa shape index (κ1) is 18.5. The quantitative estimate of drug-likeness (QED) is 0.476. The molecule has 0 saturated carbocycles. The van der Waals surface area contributed by atoms with Gasteiger partial charge in [-0.25, -0.2) is 0 Å². The minimum absolute atomic E-state index is 0.0528. The summed E-state index contributed by atoms with van der Waals surface area (Å²) in [5.74, 6) is 0.809. The summed E-state index contributed by atoms with van der Waals surface area (Å²) in [5, 5.41) is 13.9. The number of non-ortho nitro benzene ring substituents is 1. The predicted molar refractivity (Wildman–Crippen MR) is 100 cm³/mol. The van der Waals surface area contributed by atoms with Crippen molar-refractivity contribution in [3.63, 3.8) is 0 Å². The van der Waals surface area contributed by atoms with E-state index in [0.717, 1.165) is 5.56 Å². The van der Waals surface area contributed by atoms with Crippen LogP contribution >= 0.6 is 11.6 Å². The van der Waals surface area contributed by atoms with Crippen LogP contribution in [0.2, 0.25) is 5.02 Å². The highest BCUT2D eigenvalue weighted by Gasteiger charge is 2.13. The smallest absolute Gasteiger partial charge is 0.291 e. The molecule has 1 amide bonds. The van der Waals surface area contributed by atoms with Gasteiger partial charge in [0.1, 0.15) is 18.1 Å². The standard InChI is InChI=1S/C19H15ClN2O5/c1-12-10-13(20)2-8-17(12)26-11-16-7-9-18(27-16)19(23)21-14-3-5-15(6-4-14)22(24)25/h2-10H,11H2,1H3,(H,21,23). The average molecular weight is 387 g/mol. The number of carbonyl (C=O) groups is 1. The summed E-state index contributed by atoms with van der Waals surface area (Å²) in [4.78, 5) is 22.4. The third-order valence-electron chi connectivity index (χ3n) is 3.73. The molecule has 1 aromatic heterocycles. The number of halogens is 1. The molecule has 0 radical (unpaired) electrons. The maximum Gasteiger partial charge on any atom is 0.291 e. The Labute approximate surface area is 159 Å². The number of hydrogen-bond acceptors (Lipinski definition) is 5. The van der Waals surface area contributed by atoms with Gasteiger partial charge in [0.25, 0.3) is 11.6 Å². The molecule has 1 N–H and O–H groups in total. The molecule has 0 aliphatic heterocycles. The second kappa shape index (κ2) is 7.92. The maximum absolute atomic E-state index is 12.2. The van der Waals surface area contributed by atoms with Gasteiger partial charge in [0.2, 0.25) is 0 Å². The van der Waals surface area contributed by atoms with E-state index in [2.05, 4.69) is 5.32 Å². The third kappa shape index (κ3) is 4.65. The highest BCUT2D eigenvalue weighted by atomic mass is 35.5. The normalized spacial score (nSPS) is 10.4. The lowest BCUT2D eigenvalue weighted by atomic mass is 10.2. The van der Waals surface area contributed by atoms with Crippen LogP contribution in [-0.2, 0) is 6.61 Å². The molecule has 2 aromatic carbocycles. The van der Waals surface area contributed by atoms with Crippen molar-refractivity contribution < 1.29 is 18.9 Å². The molecule has 0 fully saturated rings. The molecule has 0 bridgehead atoms. The van der Waals surface area contributed by atoms with Crippen molar-refractivity contribution in [3.05, 3.63) is 86.8 Å². The first-order valence-corrected chi connectivity index (χ1v) is 8.33. The minimum atomic E-state index is -0.507. The summed E-state index contributed by atoms with van der Waals surface area (Å²) < 4.78 is 11.2. The van der Waals surface area contributed by atoms with Crippen LogP contribution in [0.3, 0.4) is 0 Å². The molecule has 0 aliphatic rings. The van der Waals surface area contributed by atoms with E-state index in [1.54, 1.807) is 24.3 Å². The van der Waals surface area contributed by atoms with Crippen LogP contribution in [0.4, 0.5) is 11.4 Å². The molecule has 0 saturated heterocycles. The molecule has 0 unspecified atom stereocenters. The number of nitrogens with zero attached hydrogens (tertiary/aromatic N) is 1. The Balaban J connectivity index is 1.61. The molecular weight excluding hydrogens is 372 g/mol. The van der Waals surface area contributed by atoms with Crippen molar-refractivity contribution in [1.29, 1.82) is 0 Å². The molecule has 0 aliphatic carbocycles. The lowest BCUT2D eigenvalue weighted by molar-refractivity contribution is -0.384. The summed E-state index contributed by atoms with van der Waals surface area (Å²) in [5.41, 5.74) is 1.27. The largest absolute Gasteiger partial charge is 0.485 e. The molecule has 1 heterocycles. The lowest BCUT2D eigenvalue weighted by Gasteiger charge is -2.07. The zero-order valence-corrected chi connectivity index (χ0v) is 15.0. The number of aryl methyl sites for hydroxylation is 1. The molecule has 3 rings (SSSR count). The molecule has 0 atom stereocenters. The second-order valence-corrected chi connectivity index (χ2v) is 6.16. The number of hydrogen-bond donors (Lipinski definition) is 1. The van der Waals surface area contributed by atoms with Crippen LogP contribution in [-0.4, -0.2) is 10.8 Å². The third-order valence-corrected chi connectivity index (χ3v) is 3.96. The monoisotopic (exact) mass is 386 g/mol. The van der Waals surface area contributed by atoms with Gasteiger partial charge in [-0.3, -0.25) is 14.9 Å². The van der Waals surface area contributed by atoms with E-state index >= 15 is 0 Å². The highest BCUT2D eigenvalue weighted by Crippen LogP contribution is 2.23. The second-order valence-electron chi connectivity index (χ2n) is 5.72. The van der Waals surface area contributed by atoms with Gasteiger partial charge in [0.05, 0.1) is 4.92 Å². The van der Waals surface area contributed by atoms with Gasteiger partial charge in [-0.15, -0.1) is 0 Å². The van der Waals surface area contributed by atoms with Gasteiger partial charge in [0.15, 0.2) is 5.76 Å². The molecule has 3 aromatic rings. The van der Waals surface area contributed by atoms with Gasteiger partial charge >= 0.3 is 0 Å². The number of benzene rings is 2. The minimum Gasteiger partial charge on any atom is -0.485 e. The van der Waals surface area contributed by atoms with Crippen molar-refractivity contribution in [3.8, 4) is 5.75 Å². The molecular formula is C19H15ClN2O5. The summed E-state index contributed by atoms with van der Waals surface area (Å²) in [6.45, 7) is 2.04. The summed E-state index contributed by atoms with van der Waals surface area (Å²) in [6.07, 6.45) is 0. The lowest BCUT2D eigenvalue weighted by Crippen LogP contribution is -2.10. The van der Waals surface area contributed by atoms with E-state index in [0.29, 0.717) is 22.2 Å². The van der Waals surface area contributed by atoms with Crippen LogP contribution in [0.15, 0.2) is 59.0 Å². The van der Waals surface area contributed by atoms with E-state index in [4.69, 9.17) is 20.8 Å². The SMILES string of the molecule is Cc1cc(Cl)ccc1OCc1ccc(C(=O)Nc2ccc([N+](=O)[O-])cc2)o1. The van der Waals surface area contributed by atoms with Gasteiger partial charge in [-0.2, -0.15) is 0 Å². The van der Waals surface area contributed by atoms with E-state index in [1.165, 1.54) is 30.3 Å². The highest BCUT2D eigenvalue weighted by molar-refractivity contribution is 6.30. The molecule has 138 valence electrons. The van der Waals surface area contributed by atoms with E-state index in [1.807, 2.05) is 6.92 Å². The number of nitro groups is 1. The Morgan fingerprint density at radius 3 is 2.59 bits per heavy atom. The van der Waals surface area contributed by atoms with Gasteiger partial charge in [-0.05, 0) is 55.0 Å². The zero-order valence-electron chi connectivity index (χ0n) is 14.3.